The van der Waals surface area contributed by atoms with Gasteiger partial charge in [-0.25, -0.2) is 4.79 Å². The Labute approximate surface area is 173 Å². The Kier molecular flexibility index (Phi) is 7.43. The van der Waals surface area contributed by atoms with Gasteiger partial charge >= 0.3 is 5.97 Å². The molecule has 0 aliphatic heterocycles. The van der Waals surface area contributed by atoms with Crippen LogP contribution in [0.25, 0.3) is 0 Å². The zero-order chi connectivity index (χ0) is 20.8. The van der Waals surface area contributed by atoms with Crippen LogP contribution in [0.5, 0.6) is 0 Å². The molecule has 0 aliphatic rings. The molecule has 148 valence electrons. The average molecular weight is 423 g/mol. The van der Waals surface area contributed by atoms with Crippen LogP contribution < -0.4 is 10.6 Å². The number of amides is 2. The molecule has 0 saturated carbocycles. The van der Waals surface area contributed by atoms with Gasteiger partial charge in [-0.15, -0.1) is 0 Å². The van der Waals surface area contributed by atoms with Crippen molar-refractivity contribution in [1.29, 1.82) is 0 Å². The third kappa shape index (κ3) is 5.71. The highest BCUT2D eigenvalue weighted by atomic mass is 35.5. The largest absolute Gasteiger partial charge is 0.449 e. The van der Waals surface area contributed by atoms with Gasteiger partial charge in [0.2, 0.25) is 5.91 Å². The van der Waals surface area contributed by atoms with Crippen molar-refractivity contribution in [1.82, 2.24) is 5.32 Å². The fourth-order valence-corrected chi connectivity index (χ4v) is 2.80. The summed E-state index contributed by atoms with van der Waals surface area (Å²) in [7, 11) is 0. The number of nitrogens with one attached hydrogen (secondary N) is 2. The summed E-state index contributed by atoms with van der Waals surface area (Å²) < 4.78 is 5.10. The summed E-state index contributed by atoms with van der Waals surface area (Å²) in [4.78, 5) is 36.4. The highest BCUT2D eigenvalue weighted by Crippen LogP contribution is 2.22. The summed E-state index contributed by atoms with van der Waals surface area (Å²) in [6.45, 7) is 4.90. The zero-order valence-electron chi connectivity index (χ0n) is 15.6. The lowest BCUT2D eigenvalue weighted by Gasteiger charge is -2.15. The number of para-hydroxylation sites is 1. The molecule has 1 unspecified atom stereocenters. The Bertz CT molecular complexity index is 895. The predicted octanol–water partition coefficient (Wildman–Crippen LogP) is 3.91. The molecule has 0 fully saturated rings. The first-order valence-corrected chi connectivity index (χ1v) is 9.24. The Hall–Kier alpha value is -2.57. The quantitative estimate of drug-likeness (QED) is 0.690. The van der Waals surface area contributed by atoms with E-state index in [1.54, 1.807) is 0 Å². The van der Waals surface area contributed by atoms with Gasteiger partial charge in [0.05, 0.1) is 17.1 Å². The second-order valence-corrected chi connectivity index (χ2v) is 7.05. The summed E-state index contributed by atoms with van der Waals surface area (Å²) in [5.41, 5.74) is 2.60. The van der Waals surface area contributed by atoms with Crippen molar-refractivity contribution in [3.63, 3.8) is 0 Å². The van der Waals surface area contributed by atoms with Crippen molar-refractivity contribution in [2.24, 2.45) is 0 Å². The molecule has 28 heavy (non-hydrogen) atoms. The van der Waals surface area contributed by atoms with E-state index >= 15 is 0 Å². The van der Waals surface area contributed by atoms with Crippen molar-refractivity contribution in [3.05, 3.63) is 63.1 Å². The van der Waals surface area contributed by atoms with Crippen molar-refractivity contribution in [3.8, 4) is 0 Å². The predicted molar refractivity (Wildman–Crippen MR) is 109 cm³/mol. The highest BCUT2D eigenvalue weighted by Gasteiger charge is 2.21. The third-order valence-corrected chi connectivity index (χ3v) is 4.53. The Morgan fingerprint density at radius 2 is 1.71 bits per heavy atom. The Balaban J connectivity index is 1.89. The van der Waals surface area contributed by atoms with Gasteiger partial charge in [0.1, 0.15) is 0 Å². The van der Waals surface area contributed by atoms with Crippen LogP contribution in [0.2, 0.25) is 10.0 Å². The number of hydrogen-bond acceptors (Lipinski definition) is 4. The topological polar surface area (TPSA) is 84.5 Å². The first-order valence-electron chi connectivity index (χ1n) is 8.49. The van der Waals surface area contributed by atoms with Crippen LogP contribution in [0.15, 0.2) is 36.4 Å². The number of carbonyl (C=O) groups excluding carboxylic acids is 3. The van der Waals surface area contributed by atoms with E-state index in [2.05, 4.69) is 10.6 Å². The highest BCUT2D eigenvalue weighted by molar-refractivity contribution is 6.35. The van der Waals surface area contributed by atoms with Crippen LogP contribution in [0.1, 0.15) is 28.4 Å². The van der Waals surface area contributed by atoms with Gasteiger partial charge < -0.3 is 15.4 Å². The summed E-state index contributed by atoms with van der Waals surface area (Å²) >= 11 is 11.8. The molecule has 2 N–H and O–H groups in total. The van der Waals surface area contributed by atoms with Gasteiger partial charge in [-0.05, 0) is 50.1 Å². The molecule has 0 spiro atoms. The van der Waals surface area contributed by atoms with Gasteiger partial charge in [0.25, 0.3) is 5.91 Å². The molecule has 0 bridgehead atoms. The smallest absolute Gasteiger partial charge is 0.340 e. The maximum atomic E-state index is 12.2. The molecule has 2 aromatic rings. The minimum absolute atomic E-state index is 0.0570. The number of esters is 1. The summed E-state index contributed by atoms with van der Waals surface area (Å²) in [6.07, 6.45) is -1.12. The SMILES string of the molecule is Cc1cccc(C)c1NC(=O)CNC(=O)C(C)OC(=O)c1cc(Cl)ccc1Cl. The maximum Gasteiger partial charge on any atom is 0.340 e. The molecule has 0 aromatic heterocycles. The molecule has 0 heterocycles. The Morgan fingerprint density at radius 3 is 2.36 bits per heavy atom. The zero-order valence-corrected chi connectivity index (χ0v) is 17.1. The average Bonchev–Trinajstić information content (AvgIpc) is 2.64. The van der Waals surface area contributed by atoms with Crippen LogP contribution >= 0.6 is 23.2 Å². The molecule has 2 amide bonds. The van der Waals surface area contributed by atoms with E-state index in [1.165, 1.54) is 25.1 Å². The molecule has 0 saturated heterocycles. The summed E-state index contributed by atoms with van der Waals surface area (Å²) in [6, 6.07) is 10.0. The molecule has 0 radical (unpaired) electrons. The number of halogens is 2. The van der Waals surface area contributed by atoms with E-state index < -0.39 is 18.0 Å². The van der Waals surface area contributed by atoms with E-state index in [0.29, 0.717) is 10.7 Å². The minimum atomic E-state index is -1.12. The second kappa shape index (κ2) is 9.57. The standard InChI is InChI=1S/C20H20Cl2N2O4/c1-11-5-4-6-12(2)18(11)24-17(25)10-23-19(26)13(3)28-20(27)15-9-14(21)7-8-16(15)22/h4-9,13H,10H2,1-3H3,(H,23,26)(H,24,25). The number of anilines is 1. The van der Waals surface area contributed by atoms with Crippen LogP contribution in [-0.2, 0) is 14.3 Å². The first kappa shape index (κ1) is 21.7. The third-order valence-electron chi connectivity index (χ3n) is 3.97. The molecule has 2 aromatic carbocycles. The molecular formula is C20H20Cl2N2O4. The first-order chi connectivity index (χ1) is 13.2. The fourth-order valence-electron chi connectivity index (χ4n) is 2.44. The van der Waals surface area contributed by atoms with Crippen molar-refractivity contribution in [2.45, 2.75) is 26.9 Å². The maximum absolute atomic E-state index is 12.2. The van der Waals surface area contributed by atoms with E-state index in [9.17, 15) is 14.4 Å². The number of aryl methyl sites for hydroxylation is 2. The minimum Gasteiger partial charge on any atom is -0.449 e. The van der Waals surface area contributed by atoms with E-state index in [0.717, 1.165) is 11.1 Å². The van der Waals surface area contributed by atoms with Crippen molar-refractivity contribution in [2.75, 3.05) is 11.9 Å². The second-order valence-electron chi connectivity index (χ2n) is 6.20. The monoisotopic (exact) mass is 422 g/mol. The van der Waals surface area contributed by atoms with E-state index in [1.807, 2.05) is 32.0 Å². The lowest BCUT2D eigenvalue weighted by atomic mass is 10.1. The van der Waals surface area contributed by atoms with Gasteiger partial charge in [-0.2, -0.15) is 0 Å². The lowest BCUT2D eigenvalue weighted by molar-refractivity contribution is -0.130. The van der Waals surface area contributed by atoms with Gasteiger partial charge in [0, 0.05) is 10.7 Å². The van der Waals surface area contributed by atoms with Gasteiger partial charge in [0.15, 0.2) is 6.10 Å². The molecule has 1 atom stereocenters. The number of carbonyl (C=O) groups is 3. The number of rotatable bonds is 6. The van der Waals surface area contributed by atoms with Gasteiger partial charge in [-0.1, -0.05) is 41.4 Å². The van der Waals surface area contributed by atoms with Crippen LogP contribution in [0.4, 0.5) is 5.69 Å². The number of ether oxygens (including phenoxy) is 1. The van der Waals surface area contributed by atoms with E-state index in [-0.39, 0.29) is 23.0 Å². The van der Waals surface area contributed by atoms with Crippen LogP contribution in [0, 0.1) is 13.8 Å². The fraction of sp³-hybridized carbons (Fsp3) is 0.250. The molecule has 2 rings (SSSR count). The molecular weight excluding hydrogens is 403 g/mol. The summed E-state index contributed by atoms with van der Waals surface area (Å²) in [5.74, 6) is -1.78. The summed E-state index contributed by atoms with van der Waals surface area (Å²) in [5, 5.41) is 5.67. The number of benzene rings is 2. The number of hydrogen-bond donors (Lipinski definition) is 2. The Morgan fingerprint density at radius 1 is 1.07 bits per heavy atom. The molecule has 8 heteroatoms. The van der Waals surface area contributed by atoms with Crippen LogP contribution in [0.3, 0.4) is 0 Å². The van der Waals surface area contributed by atoms with Crippen LogP contribution in [-0.4, -0.2) is 30.4 Å². The lowest BCUT2D eigenvalue weighted by Crippen LogP contribution is -2.40. The molecule has 0 aliphatic carbocycles. The van der Waals surface area contributed by atoms with Crippen molar-refractivity contribution < 1.29 is 19.1 Å². The van der Waals surface area contributed by atoms with Gasteiger partial charge in [-0.3, -0.25) is 9.59 Å². The van der Waals surface area contributed by atoms with E-state index in [4.69, 9.17) is 27.9 Å². The van der Waals surface area contributed by atoms with Crippen molar-refractivity contribution >= 4 is 46.7 Å². The molecule has 6 nitrogen and oxygen atoms in total. The normalized spacial score (nSPS) is 11.5.